The third-order valence-electron chi connectivity index (χ3n) is 8.88. The molecule has 0 aliphatic carbocycles. The number of imidazole rings is 1. The van der Waals surface area contributed by atoms with Crippen molar-refractivity contribution in [2.24, 2.45) is 0 Å². The van der Waals surface area contributed by atoms with Crippen LogP contribution in [0.25, 0.3) is 82.9 Å². The molecule has 0 aliphatic heterocycles. The number of nitrogens with zero attached hydrogens (tertiary/aromatic N) is 3. The number of aromatic nitrogens is 3. The predicted octanol–water partition coefficient (Wildman–Crippen LogP) is 10.9. The van der Waals surface area contributed by atoms with E-state index in [1.54, 1.807) is 0 Å². The van der Waals surface area contributed by atoms with Crippen molar-refractivity contribution in [1.82, 2.24) is 14.4 Å². The van der Waals surface area contributed by atoms with Crippen molar-refractivity contribution in [3.8, 4) is 44.9 Å². The minimum atomic E-state index is 0.887. The molecular weight excluding hydrogens is 546 g/mol. The van der Waals surface area contributed by atoms with E-state index >= 15 is 0 Å². The molecule has 0 amide bonds. The van der Waals surface area contributed by atoms with Crippen LogP contribution in [0.5, 0.6) is 0 Å². The second-order valence-electron chi connectivity index (χ2n) is 11.5. The zero-order chi connectivity index (χ0) is 29.7. The molecule has 0 saturated carbocycles. The molecule has 0 aliphatic rings. The van der Waals surface area contributed by atoms with Crippen LogP contribution in [0.15, 0.2) is 164 Å². The molecule has 3 heteroatoms. The molecule has 45 heavy (non-hydrogen) atoms. The van der Waals surface area contributed by atoms with Gasteiger partial charge in [-0.15, -0.1) is 0 Å². The normalized spacial score (nSPS) is 11.6. The maximum atomic E-state index is 5.07. The Labute approximate surface area is 260 Å². The molecule has 6 aromatic carbocycles. The molecule has 0 bridgehead atoms. The highest BCUT2D eigenvalue weighted by Gasteiger charge is 2.19. The number of hydrogen-bond donors (Lipinski definition) is 0. The van der Waals surface area contributed by atoms with Crippen LogP contribution in [0.1, 0.15) is 0 Å². The summed E-state index contributed by atoms with van der Waals surface area (Å²) >= 11 is 0. The van der Waals surface area contributed by atoms with Gasteiger partial charge in [0.05, 0.1) is 11.4 Å². The SMILES string of the molecule is c1ccc2c(-c3nc4ccccn4c3-c3ccc(-c4ccc(-c5cc6ccccc6c6ccccc56)cc4)cc3)nccc2c1. The van der Waals surface area contributed by atoms with Gasteiger partial charge in [0.1, 0.15) is 11.3 Å². The highest BCUT2D eigenvalue weighted by Crippen LogP contribution is 2.38. The smallest absolute Gasteiger partial charge is 0.138 e. The number of benzene rings is 6. The summed E-state index contributed by atoms with van der Waals surface area (Å²) in [6.45, 7) is 0. The van der Waals surface area contributed by atoms with Crippen molar-refractivity contribution in [2.75, 3.05) is 0 Å². The summed E-state index contributed by atoms with van der Waals surface area (Å²) in [5.74, 6) is 0. The maximum Gasteiger partial charge on any atom is 0.138 e. The Bertz CT molecular complexity index is 2520. The van der Waals surface area contributed by atoms with E-state index in [0.29, 0.717) is 0 Å². The van der Waals surface area contributed by atoms with Gasteiger partial charge in [0.15, 0.2) is 0 Å². The zero-order valence-corrected chi connectivity index (χ0v) is 24.4. The van der Waals surface area contributed by atoms with E-state index in [4.69, 9.17) is 9.97 Å². The average Bonchev–Trinajstić information content (AvgIpc) is 3.51. The second-order valence-corrected chi connectivity index (χ2v) is 11.5. The Morgan fingerprint density at radius 2 is 1.02 bits per heavy atom. The Morgan fingerprint density at radius 1 is 0.422 bits per heavy atom. The minimum Gasteiger partial charge on any atom is -0.299 e. The van der Waals surface area contributed by atoms with E-state index in [2.05, 4.69) is 144 Å². The highest BCUT2D eigenvalue weighted by atomic mass is 15.0. The highest BCUT2D eigenvalue weighted by molar-refractivity contribution is 6.13. The van der Waals surface area contributed by atoms with Gasteiger partial charge in [0.2, 0.25) is 0 Å². The predicted molar refractivity (Wildman–Crippen MR) is 187 cm³/mol. The fraction of sp³-hybridized carbons (Fsp3) is 0. The average molecular weight is 574 g/mol. The summed E-state index contributed by atoms with van der Waals surface area (Å²) in [6, 6.07) is 54.0. The Kier molecular flexibility index (Phi) is 5.82. The quantitative estimate of drug-likeness (QED) is 0.196. The summed E-state index contributed by atoms with van der Waals surface area (Å²) in [7, 11) is 0. The summed E-state index contributed by atoms with van der Waals surface area (Å²) in [6.07, 6.45) is 3.95. The Hall–Kier alpha value is -6.06. The van der Waals surface area contributed by atoms with Gasteiger partial charge in [-0.05, 0) is 73.5 Å². The molecule has 0 unspecified atom stereocenters. The fourth-order valence-corrected chi connectivity index (χ4v) is 6.70. The molecule has 3 aromatic heterocycles. The topological polar surface area (TPSA) is 30.2 Å². The third-order valence-corrected chi connectivity index (χ3v) is 8.88. The van der Waals surface area contributed by atoms with Crippen molar-refractivity contribution in [3.63, 3.8) is 0 Å². The molecule has 0 radical (unpaired) electrons. The summed E-state index contributed by atoms with van der Waals surface area (Å²) in [4.78, 5) is 9.89. The van der Waals surface area contributed by atoms with Crippen LogP contribution in [0.4, 0.5) is 0 Å². The lowest BCUT2D eigenvalue weighted by Gasteiger charge is -2.12. The molecular formula is C42H27N3. The second kappa shape index (κ2) is 10.3. The van der Waals surface area contributed by atoms with Gasteiger partial charge in [0.25, 0.3) is 0 Å². The molecule has 3 nitrogen and oxygen atoms in total. The van der Waals surface area contributed by atoms with Crippen LogP contribution in [-0.4, -0.2) is 14.4 Å². The van der Waals surface area contributed by atoms with E-state index in [0.717, 1.165) is 39.1 Å². The Balaban J connectivity index is 1.11. The molecule has 0 spiro atoms. The Morgan fingerprint density at radius 3 is 1.80 bits per heavy atom. The third kappa shape index (κ3) is 4.21. The fourth-order valence-electron chi connectivity index (χ4n) is 6.70. The molecule has 210 valence electrons. The van der Waals surface area contributed by atoms with Crippen LogP contribution >= 0.6 is 0 Å². The van der Waals surface area contributed by atoms with Gasteiger partial charge in [-0.2, -0.15) is 0 Å². The van der Waals surface area contributed by atoms with Crippen LogP contribution in [0.2, 0.25) is 0 Å². The van der Waals surface area contributed by atoms with E-state index in [1.165, 1.54) is 43.8 Å². The van der Waals surface area contributed by atoms with Crippen molar-refractivity contribution >= 4 is 38.0 Å². The largest absolute Gasteiger partial charge is 0.299 e. The monoisotopic (exact) mass is 573 g/mol. The van der Waals surface area contributed by atoms with Crippen LogP contribution in [0, 0.1) is 0 Å². The first-order valence-corrected chi connectivity index (χ1v) is 15.2. The van der Waals surface area contributed by atoms with Gasteiger partial charge in [-0.3, -0.25) is 9.38 Å². The maximum absolute atomic E-state index is 5.07. The molecule has 0 saturated heterocycles. The molecule has 9 rings (SSSR count). The van der Waals surface area contributed by atoms with Crippen molar-refractivity contribution in [3.05, 3.63) is 164 Å². The van der Waals surface area contributed by atoms with Crippen molar-refractivity contribution in [1.29, 1.82) is 0 Å². The van der Waals surface area contributed by atoms with Gasteiger partial charge in [-0.1, -0.05) is 127 Å². The van der Waals surface area contributed by atoms with Gasteiger partial charge in [0, 0.05) is 23.3 Å². The van der Waals surface area contributed by atoms with Gasteiger partial charge in [-0.25, -0.2) is 4.98 Å². The van der Waals surface area contributed by atoms with Crippen LogP contribution < -0.4 is 0 Å². The lowest BCUT2D eigenvalue weighted by molar-refractivity contribution is 1.19. The van der Waals surface area contributed by atoms with E-state index < -0.39 is 0 Å². The molecule has 9 aromatic rings. The molecule has 0 atom stereocenters. The molecule has 0 N–H and O–H groups in total. The summed E-state index contributed by atoms with van der Waals surface area (Å²) in [5.41, 5.74) is 9.66. The van der Waals surface area contributed by atoms with Gasteiger partial charge < -0.3 is 0 Å². The van der Waals surface area contributed by atoms with Gasteiger partial charge >= 0.3 is 0 Å². The first-order chi connectivity index (χ1) is 22.3. The number of hydrogen-bond acceptors (Lipinski definition) is 2. The first-order valence-electron chi connectivity index (χ1n) is 15.2. The summed E-state index contributed by atoms with van der Waals surface area (Å²) < 4.78 is 2.16. The van der Waals surface area contributed by atoms with Crippen LogP contribution in [-0.2, 0) is 0 Å². The zero-order valence-electron chi connectivity index (χ0n) is 24.4. The van der Waals surface area contributed by atoms with Crippen molar-refractivity contribution < 1.29 is 0 Å². The summed E-state index contributed by atoms with van der Waals surface area (Å²) in [5, 5.41) is 7.37. The van der Waals surface area contributed by atoms with Crippen molar-refractivity contribution in [2.45, 2.75) is 0 Å². The lowest BCUT2D eigenvalue weighted by Crippen LogP contribution is -1.92. The number of pyridine rings is 2. The molecule has 0 fully saturated rings. The number of fused-ring (bicyclic) bond motifs is 5. The van der Waals surface area contributed by atoms with Crippen LogP contribution in [0.3, 0.4) is 0 Å². The van der Waals surface area contributed by atoms with E-state index in [9.17, 15) is 0 Å². The van der Waals surface area contributed by atoms with E-state index in [-0.39, 0.29) is 0 Å². The minimum absolute atomic E-state index is 0.887. The standard InChI is InChI=1S/C42H27N3/c1-4-12-35-30(9-1)24-25-43-40(35)41-42(45-26-8-7-15-39(45)44-41)32-22-18-29(19-23-32)28-16-20-31(21-17-28)38-27-33-10-2-3-11-34(33)36-13-5-6-14-37(36)38/h1-27H. The number of rotatable bonds is 4. The molecule has 3 heterocycles. The van der Waals surface area contributed by atoms with E-state index in [1.807, 2.05) is 24.4 Å². The lowest BCUT2D eigenvalue weighted by atomic mass is 9.92. The first kappa shape index (κ1) is 25.4.